The lowest BCUT2D eigenvalue weighted by molar-refractivity contribution is -0.126. The van der Waals surface area contributed by atoms with Crippen molar-refractivity contribution in [3.05, 3.63) is 0 Å². The number of hydrogen-bond acceptors (Lipinski definition) is 4. The SMILES string of the molecule is COCCCCCNC(=O)C(C)N1CCNCC1. The number of rotatable bonds is 8. The molecule has 1 fully saturated rings. The number of nitrogens with one attached hydrogen (secondary N) is 2. The van der Waals surface area contributed by atoms with E-state index in [1.165, 1.54) is 0 Å². The standard InChI is InChI=1S/C13H27N3O2/c1-12(16-9-7-14-8-10-16)13(17)15-6-4-3-5-11-18-2/h12,14H,3-11H2,1-2H3,(H,15,17). The Labute approximate surface area is 110 Å². The quantitative estimate of drug-likeness (QED) is 0.611. The Morgan fingerprint density at radius 3 is 2.72 bits per heavy atom. The van der Waals surface area contributed by atoms with Crippen LogP contribution in [0.5, 0.6) is 0 Å². The van der Waals surface area contributed by atoms with E-state index >= 15 is 0 Å². The second-order valence-corrected chi connectivity index (χ2v) is 4.81. The fraction of sp³-hybridized carbons (Fsp3) is 0.923. The van der Waals surface area contributed by atoms with Gasteiger partial charge in [-0.15, -0.1) is 0 Å². The third-order valence-electron chi connectivity index (χ3n) is 3.40. The van der Waals surface area contributed by atoms with Crippen molar-refractivity contribution in [3.63, 3.8) is 0 Å². The van der Waals surface area contributed by atoms with E-state index in [2.05, 4.69) is 15.5 Å². The van der Waals surface area contributed by atoms with E-state index in [9.17, 15) is 4.79 Å². The lowest BCUT2D eigenvalue weighted by atomic mass is 10.2. The predicted molar refractivity (Wildman–Crippen MR) is 72.6 cm³/mol. The molecule has 1 heterocycles. The van der Waals surface area contributed by atoms with Crippen molar-refractivity contribution in [1.82, 2.24) is 15.5 Å². The van der Waals surface area contributed by atoms with Gasteiger partial charge in [0, 0.05) is 46.4 Å². The van der Waals surface area contributed by atoms with Gasteiger partial charge in [0.25, 0.3) is 0 Å². The average Bonchev–Trinajstić information content (AvgIpc) is 2.42. The summed E-state index contributed by atoms with van der Waals surface area (Å²) >= 11 is 0. The van der Waals surface area contributed by atoms with Gasteiger partial charge >= 0.3 is 0 Å². The fourth-order valence-corrected chi connectivity index (χ4v) is 2.14. The normalized spacial score (nSPS) is 18.6. The summed E-state index contributed by atoms with van der Waals surface area (Å²) in [5.74, 6) is 0.156. The summed E-state index contributed by atoms with van der Waals surface area (Å²) in [6, 6.07) is -0.00826. The molecule has 5 nitrogen and oxygen atoms in total. The van der Waals surface area contributed by atoms with Gasteiger partial charge in [-0.2, -0.15) is 0 Å². The van der Waals surface area contributed by atoms with Crippen LogP contribution < -0.4 is 10.6 Å². The van der Waals surface area contributed by atoms with Gasteiger partial charge in [-0.05, 0) is 26.2 Å². The highest BCUT2D eigenvalue weighted by Gasteiger charge is 2.21. The molecule has 0 aliphatic carbocycles. The molecule has 2 N–H and O–H groups in total. The van der Waals surface area contributed by atoms with Crippen LogP contribution in [0.1, 0.15) is 26.2 Å². The highest BCUT2D eigenvalue weighted by Crippen LogP contribution is 2.01. The van der Waals surface area contributed by atoms with Crippen LogP contribution >= 0.6 is 0 Å². The van der Waals surface area contributed by atoms with Crippen LogP contribution in [-0.2, 0) is 9.53 Å². The summed E-state index contributed by atoms with van der Waals surface area (Å²) in [7, 11) is 1.72. The van der Waals surface area contributed by atoms with Crippen molar-refractivity contribution in [1.29, 1.82) is 0 Å². The Morgan fingerprint density at radius 2 is 2.06 bits per heavy atom. The zero-order valence-electron chi connectivity index (χ0n) is 11.7. The van der Waals surface area contributed by atoms with Crippen LogP contribution in [-0.4, -0.2) is 63.3 Å². The van der Waals surface area contributed by atoms with Gasteiger partial charge in [-0.3, -0.25) is 9.69 Å². The second kappa shape index (κ2) is 9.30. The first-order chi connectivity index (χ1) is 8.75. The largest absolute Gasteiger partial charge is 0.385 e. The van der Waals surface area contributed by atoms with E-state index in [-0.39, 0.29) is 11.9 Å². The molecule has 0 bridgehead atoms. The summed E-state index contributed by atoms with van der Waals surface area (Å²) in [5, 5.41) is 6.31. The third kappa shape index (κ3) is 5.80. The van der Waals surface area contributed by atoms with E-state index in [1.807, 2.05) is 6.92 Å². The first-order valence-corrected chi connectivity index (χ1v) is 6.97. The van der Waals surface area contributed by atoms with Crippen LogP contribution in [0.25, 0.3) is 0 Å². The molecule has 1 unspecified atom stereocenters. The van der Waals surface area contributed by atoms with E-state index in [4.69, 9.17) is 4.74 Å². The van der Waals surface area contributed by atoms with Gasteiger partial charge in [0.2, 0.25) is 5.91 Å². The third-order valence-corrected chi connectivity index (χ3v) is 3.40. The van der Waals surface area contributed by atoms with E-state index < -0.39 is 0 Å². The van der Waals surface area contributed by atoms with Crippen LogP contribution in [0, 0.1) is 0 Å². The topological polar surface area (TPSA) is 53.6 Å². The van der Waals surface area contributed by atoms with E-state index in [1.54, 1.807) is 7.11 Å². The minimum absolute atomic E-state index is 0.00826. The molecule has 0 saturated carbocycles. The second-order valence-electron chi connectivity index (χ2n) is 4.81. The molecule has 0 aromatic carbocycles. The van der Waals surface area contributed by atoms with Gasteiger partial charge in [-0.1, -0.05) is 0 Å². The zero-order chi connectivity index (χ0) is 13.2. The van der Waals surface area contributed by atoms with Gasteiger partial charge in [0.15, 0.2) is 0 Å². The lowest BCUT2D eigenvalue weighted by Gasteiger charge is -2.31. The molecule has 0 aromatic heterocycles. The van der Waals surface area contributed by atoms with Crippen molar-refractivity contribution < 1.29 is 9.53 Å². The van der Waals surface area contributed by atoms with Crippen molar-refractivity contribution in [2.24, 2.45) is 0 Å². The zero-order valence-corrected chi connectivity index (χ0v) is 11.7. The van der Waals surface area contributed by atoms with Gasteiger partial charge in [-0.25, -0.2) is 0 Å². The highest BCUT2D eigenvalue weighted by molar-refractivity contribution is 5.81. The van der Waals surface area contributed by atoms with E-state index in [0.29, 0.717) is 0 Å². The fourth-order valence-electron chi connectivity index (χ4n) is 2.14. The van der Waals surface area contributed by atoms with Crippen LogP contribution in [0.15, 0.2) is 0 Å². The van der Waals surface area contributed by atoms with Gasteiger partial charge in [0.05, 0.1) is 6.04 Å². The van der Waals surface area contributed by atoms with Crippen molar-refractivity contribution in [2.75, 3.05) is 46.4 Å². The van der Waals surface area contributed by atoms with Crippen molar-refractivity contribution >= 4 is 5.91 Å². The molecule has 18 heavy (non-hydrogen) atoms. The highest BCUT2D eigenvalue weighted by atomic mass is 16.5. The van der Waals surface area contributed by atoms with Crippen LogP contribution in [0.3, 0.4) is 0 Å². The van der Waals surface area contributed by atoms with Crippen molar-refractivity contribution in [2.45, 2.75) is 32.2 Å². The average molecular weight is 257 g/mol. The Hall–Kier alpha value is -0.650. The lowest BCUT2D eigenvalue weighted by Crippen LogP contribution is -2.52. The summed E-state index contributed by atoms with van der Waals surface area (Å²) in [6.07, 6.45) is 3.21. The van der Waals surface area contributed by atoms with Crippen molar-refractivity contribution in [3.8, 4) is 0 Å². The Balaban J connectivity index is 2.07. The first-order valence-electron chi connectivity index (χ1n) is 6.97. The summed E-state index contributed by atoms with van der Waals surface area (Å²) < 4.78 is 4.99. The molecule has 106 valence electrons. The molecular weight excluding hydrogens is 230 g/mol. The minimum Gasteiger partial charge on any atom is -0.385 e. The molecule has 1 saturated heterocycles. The molecule has 1 rings (SSSR count). The van der Waals surface area contributed by atoms with Crippen LogP contribution in [0.4, 0.5) is 0 Å². The molecule has 1 aliphatic heterocycles. The maximum absolute atomic E-state index is 11.9. The number of ether oxygens (including phenoxy) is 1. The molecule has 0 spiro atoms. The number of nitrogens with zero attached hydrogens (tertiary/aromatic N) is 1. The molecule has 1 atom stereocenters. The Bertz CT molecular complexity index is 230. The predicted octanol–water partition coefficient (Wildman–Crippen LogP) is 0.213. The number of hydrogen-bond donors (Lipinski definition) is 2. The van der Waals surface area contributed by atoms with Gasteiger partial charge in [0.1, 0.15) is 0 Å². The van der Waals surface area contributed by atoms with Crippen LogP contribution in [0.2, 0.25) is 0 Å². The number of carbonyl (C=O) groups is 1. The molecule has 1 aliphatic rings. The Morgan fingerprint density at radius 1 is 1.33 bits per heavy atom. The monoisotopic (exact) mass is 257 g/mol. The molecule has 1 amide bonds. The minimum atomic E-state index is -0.00826. The number of carbonyl (C=O) groups excluding carboxylic acids is 1. The summed E-state index contributed by atoms with van der Waals surface area (Å²) in [5.41, 5.74) is 0. The maximum Gasteiger partial charge on any atom is 0.237 e. The summed E-state index contributed by atoms with van der Waals surface area (Å²) in [6.45, 7) is 7.46. The smallest absolute Gasteiger partial charge is 0.237 e. The number of methoxy groups -OCH3 is 1. The first kappa shape index (κ1) is 15.4. The molecule has 5 heteroatoms. The number of amides is 1. The maximum atomic E-state index is 11.9. The molecule has 0 aromatic rings. The molecular formula is C13H27N3O2. The van der Waals surface area contributed by atoms with E-state index in [0.717, 1.165) is 58.6 Å². The summed E-state index contributed by atoms with van der Waals surface area (Å²) in [4.78, 5) is 14.2. The molecule has 0 radical (unpaired) electrons. The number of piperazine rings is 1. The van der Waals surface area contributed by atoms with Gasteiger partial charge < -0.3 is 15.4 Å². The Kier molecular flexibility index (Phi) is 7.96. The number of unbranched alkanes of at least 4 members (excludes halogenated alkanes) is 2.